The minimum atomic E-state index is -0.559. The number of nitrogens with zero attached hydrogens (tertiary/aromatic N) is 5. The Kier molecular flexibility index (Phi) is 6.94. The number of rotatable bonds is 5. The molecule has 2 aromatic heterocycles. The predicted octanol–water partition coefficient (Wildman–Crippen LogP) is 1.69. The van der Waals surface area contributed by atoms with Crippen LogP contribution in [0.3, 0.4) is 0 Å². The lowest BCUT2D eigenvalue weighted by Crippen LogP contribution is -2.55. The molecule has 0 radical (unpaired) electrons. The van der Waals surface area contributed by atoms with E-state index in [-0.39, 0.29) is 29.5 Å². The molecule has 10 heteroatoms. The van der Waals surface area contributed by atoms with Crippen molar-refractivity contribution in [3.63, 3.8) is 0 Å². The number of piperazine rings is 1. The minimum absolute atomic E-state index is 0.00272. The van der Waals surface area contributed by atoms with Crippen LogP contribution in [0, 0.1) is 5.92 Å². The van der Waals surface area contributed by atoms with Crippen molar-refractivity contribution >= 4 is 39.8 Å². The van der Waals surface area contributed by atoms with Gasteiger partial charge in [0.15, 0.2) is 0 Å². The van der Waals surface area contributed by atoms with Crippen LogP contribution in [0.5, 0.6) is 0 Å². The topological polar surface area (TPSA) is 128 Å². The number of nitrogens with two attached hydrogens (primary N) is 1. The van der Waals surface area contributed by atoms with E-state index in [4.69, 9.17) is 5.73 Å². The highest BCUT2D eigenvalue weighted by Gasteiger charge is 2.32. The molecule has 5 rings (SSSR count). The summed E-state index contributed by atoms with van der Waals surface area (Å²) in [5.74, 6) is -0.236. The molecule has 3 unspecified atom stereocenters. The van der Waals surface area contributed by atoms with E-state index in [1.807, 2.05) is 54.0 Å². The van der Waals surface area contributed by atoms with Crippen molar-refractivity contribution in [2.45, 2.75) is 26.0 Å². The van der Waals surface area contributed by atoms with Gasteiger partial charge in [0.1, 0.15) is 5.69 Å². The molecule has 3 aromatic rings. The molecule has 37 heavy (non-hydrogen) atoms. The number of fused-ring (bicyclic) bond motifs is 1. The SMILES string of the molecule is CCN1CCN(c2ccc3ccc(C(=O)Nc4cnccc4N4CC(C)C(O)C(N)C4)nc3c2)CC1=O. The normalized spacial score (nSPS) is 22.4. The van der Waals surface area contributed by atoms with Crippen LogP contribution in [-0.4, -0.2) is 83.2 Å². The van der Waals surface area contributed by atoms with Crippen molar-refractivity contribution in [1.29, 1.82) is 0 Å². The lowest BCUT2D eigenvalue weighted by Gasteiger charge is -2.40. The average molecular weight is 504 g/mol. The summed E-state index contributed by atoms with van der Waals surface area (Å²) in [5, 5.41) is 14.1. The molecule has 2 fully saturated rings. The van der Waals surface area contributed by atoms with Gasteiger partial charge >= 0.3 is 0 Å². The van der Waals surface area contributed by atoms with E-state index in [1.54, 1.807) is 18.5 Å². The number of benzene rings is 1. The summed E-state index contributed by atoms with van der Waals surface area (Å²) in [4.78, 5) is 40.4. The molecule has 0 spiro atoms. The number of pyridine rings is 2. The van der Waals surface area contributed by atoms with Crippen molar-refractivity contribution in [3.8, 4) is 0 Å². The van der Waals surface area contributed by atoms with Crippen LogP contribution in [0.15, 0.2) is 48.8 Å². The summed E-state index contributed by atoms with van der Waals surface area (Å²) >= 11 is 0. The average Bonchev–Trinajstić information content (AvgIpc) is 2.91. The molecule has 4 heterocycles. The van der Waals surface area contributed by atoms with E-state index in [0.29, 0.717) is 43.9 Å². The highest BCUT2D eigenvalue weighted by Crippen LogP contribution is 2.30. The van der Waals surface area contributed by atoms with Gasteiger partial charge in [-0.05, 0) is 31.2 Å². The Morgan fingerprint density at radius 3 is 2.73 bits per heavy atom. The third kappa shape index (κ3) is 5.07. The first-order chi connectivity index (χ1) is 17.8. The number of likely N-dealkylation sites (N-methyl/N-ethyl adjacent to an activating group) is 1. The standard InChI is InChI=1S/C27H33N7O3/c1-3-32-10-11-33(16-25(32)35)19-6-4-18-5-7-21(30-22(18)12-19)27(37)31-23-13-29-9-8-24(23)34-14-17(2)26(36)20(28)15-34/h4-9,12-13,17,20,26,36H,3,10-11,14-16,28H2,1-2H3,(H,31,37). The maximum absolute atomic E-state index is 13.2. The number of carbonyl (C=O) groups excluding carboxylic acids is 2. The Morgan fingerprint density at radius 1 is 1.16 bits per heavy atom. The Hall–Kier alpha value is -3.76. The maximum atomic E-state index is 13.2. The van der Waals surface area contributed by atoms with E-state index < -0.39 is 6.10 Å². The zero-order valence-electron chi connectivity index (χ0n) is 21.2. The zero-order valence-corrected chi connectivity index (χ0v) is 21.2. The molecule has 1 aromatic carbocycles. The van der Waals surface area contributed by atoms with Crippen LogP contribution in [0.2, 0.25) is 0 Å². The number of aromatic nitrogens is 2. The van der Waals surface area contributed by atoms with E-state index in [0.717, 1.165) is 23.3 Å². The molecule has 2 aliphatic rings. The van der Waals surface area contributed by atoms with Gasteiger partial charge in [-0.15, -0.1) is 0 Å². The minimum Gasteiger partial charge on any atom is -0.391 e. The number of piperidine rings is 1. The van der Waals surface area contributed by atoms with Crippen LogP contribution in [-0.2, 0) is 4.79 Å². The van der Waals surface area contributed by atoms with Crippen LogP contribution >= 0.6 is 0 Å². The number of nitrogens with one attached hydrogen (secondary N) is 1. The van der Waals surface area contributed by atoms with Crippen LogP contribution < -0.4 is 20.9 Å². The van der Waals surface area contributed by atoms with Crippen LogP contribution in [0.4, 0.5) is 17.1 Å². The van der Waals surface area contributed by atoms with Gasteiger partial charge in [-0.1, -0.05) is 19.1 Å². The third-order valence-corrected chi connectivity index (χ3v) is 7.32. The zero-order chi connectivity index (χ0) is 26.1. The number of anilines is 3. The molecular weight excluding hydrogens is 470 g/mol. The van der Waals surface area contributed by atoms with Crippen molar-refractivity contribution < 1.29 is 14.7 Å². The van der Waals surface area contributed by atoms with Crippen molar-refractivity contribution in [2.24, 2.45) is 11.7 Å². The van der Waals surface area contributed by atoms with Gasteiger partial charge in [-0.2, -0.15) is 0 Å². The lowest BCUT2D eigenvalue weighted by molar-refractivity contribution is -0.130. The predicted molar refractivity (Wildman–Crippen MR) is 144 cm³/mol. The van der Waals surface area contributed by atoms with E-state index in [9.17, 15) is 14.7 Å². The monoisotopic (exact) mass is 503 g/mol. The summed E-state index contributed by atoms with van der Waals surface area (Å²) in [6.07, 6.45) is 2.73. The van der Waals surface area contributed by atoms with E-state index in [2.05, 4.69) is 20.2 Å². The van der Waals surface area contributed by atoms with Crippen molar-refractivity contribution in [1.82, 2.24) is 14.9 Å². The number of hydrogen-bond donors (Lipinski definition) is 3. The molecule has 0 bridgehead atoms. The first-order valence-electron chi connectivity index (χ1n) is 12.7. The van der Waals surface area contributed by atoms with Crippen LogP contribution in [0.1, 0.15) is 24.3 Å². The highest BCUT2D eigenvalue weighted by molar-refractivity contribution is 6.05. The first kappa shape index (κ1) is 24.9. The van der Waals surface area contributed by atoms with Crippen molar-refractivity contribution in [3.05, 3.63) is 54.5 Å². The molecule has 2 aliphatic heterocycles. The quantitative estimate of drug-likeness (QED) is 0.480. The second kappa shape index (κ2) is 10.3. The van der Waals surface area contributed by atoms with Gasteiger partial charge in [-0.25, -0.2) is 4.98 Å². The Labute approximate surface area is 216 Å². The van der Waals surface area contributed by atoms with Gasteiger partial charge in [-0.3, -0.25) is 14.6 Å². The summed E-state index contributed by atoms with van der Waals surface area (Å²) in [7, 11) is 0. The molecule has 0 aliphatic carbocycles. The third-order valence-electron chi connectivity index (χ3n) is 7.32. The molecule has 2 amide bonds. The summed E-state index contributed by atoms with van der Waals surface area (Å²) in [6.45, 7) is 7.54. The summed E-state index contributed by atoms with van der Waals surface area (Å²) in [6, 6.07) is 10.9. The molecule has 3 atom stereocenters. The smallest absolute Gasteiger partial charge is 0.274 e. The van der Waals surface area contributed by atoms with E-state index >= 15 is 0 Å². The molecule has 194 valence electrons. The number of hydrogen-bond acceptors (Lipinski definition) is 8. The van der Waals surface area contributed by atoms with Gasteiger partial charge in [0.25, 0.3) is 5.91 Å². The Balaban J connectivity index is 1.36. The number of carbonyl (C=O) groups is 2. The number of aliphatic hydroxyl groups excluding tert-OH is 1. The highest BCUT2D eigenvalue weighted by atomic mass is 16.3. The summed E-state index contributed by atoms with van der Waals surface area (Å²) in [5.41, 5.74) is 9.39. The molecule has 10 nitrogen and oxygen atoms in total. The fourth-order valence-electron chi connectivity index (χ4n) is 5.15. The lowest BCUT2D eigenvalue weighted by atomic mass is 9.92. The van der Waals surface area contributed by atoms with Gasteiger partial charge in [0.2, 0.25) is 5.91 Å². The maximum Gasteiger partial charge on any atom is 0.274 e. The molecular formula is C27H33N7O3. The van der Waals surface area contributed by atoms with Gasteiger partial charge < -0.3 is 30.9 Å². The Bertz CT molecular complexity index is 1300. The fourth-order valence-corrected chi connectivity index (χ4v) is 5.15. The fraction of sp³-hybridized carbons (Fsp3) is 0.407. The number of amides is 2. The molecule has 0 saturated carbocycles. The second-order valence-electron chi connectivity index (χ2n) is 9.85. The largest absolute Gasteiger partial charge is 0.391 e. The molecule has 4 N–H and O–H groups in total. The van der Waals surface area contributed by atoms with Gasteiger partial charge in [0.05, 0.1) is 35.7 Å². The second-order valence-corrected chi connectivity index (χ2v) is 9.85. The summed E-state index contributed by atoms with van der Waals surface area (Å²) < 4.78 is 0. The Morgan fingerprint density at radius 2 is 1.97 bits per heavy atom. The first-order valence-corrected chi connectivity index (χ1v) is 12.7. The number of aliphatic hydroxyl groups is 1. The van der Waals surface area contributed by atoms with Crippen molar-refractivity contribution in [2.75, 3.05) is 54.4 Å². The molecule has 2 saturated heterocycles. The van der Waals surface area contributed by atoms with E-state index in [1.165, 1.54) is 0 Å². The van der Waals surface area contributed by atoms with Crippen LogP contribution in [0.25, 0.3) is 10.9 Å². The van der Waals surface area contributed by atoms with Gasteiger partial charge in [0, 0.05) is 62.0 Å².